The summed E-state index contributed by atoms with van der Waals surface area (Å²) in [7, 11) is 0. The van der Waals surface area contributed by atoms with Gasteiger partial charge in [0.2, 0.25) is 0 Å². The van der Waals surface area contributed by atoms with Gasteiger partial charge in [-0.3, -0.25) is 4.79 Å². The van der Waals surface area contributed by atoms with Crippen molar-refractivity contribution in [3.8, 4) is 0 Å². The van der Waals surface area contributed by atoms with Crippen LogP contribution in [0.2, 0.25) is 0 Å². The van der Waals surface area contributed by atoms with E-state index in [2.05, 4.69) is 6.92 Å². The molecule has 15 heavy (non-hydrogen) atoms. The van der Waals surface area contributed by atoms with E-state index in [-0.39, 0.29) is 5.97 Å². The Morgan fingerprint density at radius 2 is 2.40 bits per heavy atom. The Morgan fingerprint density at radius 3 is 3.00 bits per heavy atom. The van der Waals surface area contributed by atoms with E-state index in [0.717, 1.165) is 23.5 Å². The lowest BCUT2D eigenvalue weighted by molar-refractivity contribution is -0.140. The first-order valence-electron chi connectivity index (χ1n) is 5.06. The van der Waals surface area contributed by atoms with E-state index in [1.54, 1.807) is 6.26 Å². The molecule has 3 nitrogen and oxygen atoms in total. The maximum absolute atomic E-state index is 11.3. The molecule has 1 rings (SSSR count). The second-order valence-corrected chi connectivity index (χ2v) is 4.22. The van der Waals surface area contributed by atoms with Crippen LogP contribution in [-0.2, 0) is 9.53 Å². The third-order valence-electron chi connectivity index (χ3n) is 1.92. The Morgan fingerprint density at radius 1 is 1.60 bits per heavy atom. The number of carbonyl (C=O) groups excluding carboxylic acids is 1. The highest BCUT2D eigenvalue weighted by molar-refractivity contribution is 8.00. The van der Waals surface area contributed by atoms with Crippen molar-refractivity contribution in [3.05, 3.63) is 18.1 Å². The quantitative estimate of drug-likeness (QED) is 0.426. The molecule has 0 atom stereocenters. The number of furan rings is 1. The number of carbonyl (C=O) groups is 1. The molecule has 0 N–H and O–H groups in total. The van der Waals surface area contributed by atoms with E-state index >= 15 is 0 Å². The minimum Gasteiger partial charge on any atom is -0.468 e. The average molecular weight is 228 g/mol. The summed E-state index contributed by atoms with van der Waals surface area (Å²) in [6, 6.07) is 1.86. The third kappa shape index (κ3) is 4.42. The number of ether oxygens (including phenoxy) is 1. The van der Waals surface area contributed by atoms with Crippen LogP contribution in [-0.4, -0.2) is 18.3 Å². The Balaban J connectivity index is 2.20. The highest BCUT2D eigenvalue weighted by Gasteiger charge is 2.07. The second kappa shape index (κ2) is 6.56. The summed E-state index contributed by atoms with van der Waals surface area (Å²) in [5, 5.41) is 0. The third-order valence-corrected chi connectivity index (χ3v) is 3.03. The van der Waals surface area contributed by atoms with Crippen LogP contribution in [0.1, 0.15) is 25.5 Å². The molecule has 0 aliphatic carbocycles. The first kappa shape index (κ1) is 12.2. The molecule has 0 saturated carbocycles. The van der Waals surface area contributed by atoms with Crippen molar-refractivity contribution in [2.24, 2.45) is 0 Å². The van der Waals surface area contributed by atoms with Crippen LogP contribution in [0.15, 0.2) is 21.6 Å². The highest BCUT2D eigenvalue weighted by Crippen LogP contribution is 2.22. The Hall–Kier alpha value is -0.900. The zero-order valence-corrected chi connectivity index (χ0v) is 9.93. The van der Waals surface area contributed by atoms with Gasteiger partial charge in [-0.2, -0.15) is 0 Å². The topological polar surface area (TPSA) is 39.4 Å². The zero-order chi connectivity index (χ0) is 11.1. The minimum absolute atomic E-state index is 0.158. The summed E-state index contributed by atoms with van der Waals surface area (Å²) < 4.78 is 10.2. The average Bonchev–Trinajstić information content (AvgIpc) is 2.61. The molecule has 0 bridgehead atoms. The molecule has 4 heteroatoms. The van der Waals surface area contributed by atoms with Gasteiger partial charge in [-0.05, 0) is 19.4 Å². The predicted molar refractivity (Wildman–Crippen MR) is 60.0 cm³/mol. The van der Waals surface area contributed by atoms with Crippen LogP contribution in [0.5, 0.6) is 0 Å². The van der Waals surface area contributed by atoms with E-state index < -0.39 is 0 Å². The lowest BCUT2D eigenvalue weighted by Gasteiger charge is -2.02. The molecule has 0 radical (unpaired) electrons. The monoisotopic (exact) mass is 228 g/mol. The van der Waals surface area contributed by atoms with Crippen molar-refractivity contribution < 1.29 is 13.9 Å². The zero-order valence-electron chi connectivity index (χ0n) is 9.12. The lowest BCUT2D eigenvalue weighted by atomic mass is 10.4. The lowest BCUT2D eigenvalue weighted by Crippen LogP contribution is -2.08. The molecule has 84 valence electrons. The van der Waals surface area contributed by atoms with Gasteiger partial charge in [0.15, 0.2) is 0 Å². The fourth-order valence-electron chi connectivity index (χ4n) is 1.03. The molecular formula is C11H16O3S. The molecule has 0 saturated heterocycles. The first-order valence-corrected chi connectivity index (χ1v) is 6.05. The summed E-state index contributed by atoms with van der Waals surface area (Å²) in [5.74, 6) is 1.04. The van der Waals surface area contributed by atoms with Crippen molar-refractivity contribution >= 4 is 17.7 Å². The van der Waals surface area contributed by atoms with Gasteiger partial charge in [0, 0.05) is 4.90 Å². The van der Waals surface area contributed by atoms with Crippen LogP contribution >= 0.6 is 11.8 Å². The number of esters is 1. The molecule has 0 aliphatic heterocycles. The Labute approximate surface area is 94.2 Å². The van der Waals surface area contributed by atoms with Gasteiger partial charge < -0.3 is 9.15 Å². The summed E-state index contributed by atoms with van der Waals surface area (Å²) in [4.78, 5) is 12.3. The number of hydrogen-bond acceptors (Lipinski definition) is 4. The fourth-order valence-corrected chi connectivity index (χ4v) is 1.79. The molecular weight excluding hydrogens is 212 g/mol. The van der Waals surface area contributed by atoms with Crippen molar-refractivity contribution in [1.82, 2.24) is 0 Å². The number of hydrogen-bond donors (Lipinski definition) is 0. The number of aryl methyl sites for hydroxylation is 1. The first-order chi connectivity index (χ1) is 7.24. The Kier molecular flexibility index (Phi) is 5.32. The van der Waals surface area contributed by atoms with Crippen LogP contribution in [0.4, 0.5) is 0 Å². The van der Waals surface area contributed by atoms with Gasteiger partial charge in [-0.25, -0.2) is 0 Å². The molecule has 0 amide bonds. The van der Waals surface area contributed by atoms with E-state index in [1.165, 1.54) is 11.8 Å². The molecule has 0 spiro atoms. The summed E-state index contributed by atoms with van der Waals surface area (Å²) in [6.07, 6.45) is 3.60. The van der Waals surface area contributed by atoms with Crippen molar-refractivity contribution in [1.29, 1.82) is 0 Å². The number of thioether (sulfide) groups is 1. The molecule has 1 aromatic heterocycles. The van der Waals surface area contributed by atoms with Crippen LogP contribution < -0.4 is 0 Å². The maximum atomic E-state index is 11.3. The van der Waals surface area contributed by atoms with E-state index in [1.807, 2.05) is 13.0 Å². The standard InChI is InChI=1S/C11H16O3S/c1-3-4-6-14-11(12)8-15-10-5-7-13-9(10)2/h5,7H,3-4,6,8H2,1-2H3. The van der Waals surface area contributed by atoms with Gasteiger partial charge in [0.25, 0.3) is 0 Å². The maximum Gasteiger partial charge on any atom is 0.316 e. The summed E-state index contributed by atoms with van der Waals surface area (Å²) in [5.41, 5.74) is 0. The number of rotatable bonds is 6. The van der Waals surface area contributed by atoms with E-state index in [9.17, 15) is 4.79 Å². The molecule has 0 unspecified atom stereocenters. The van der Waals surface area contributed by atoms with E-state index in [4.69, 9.17) is 9.15 Å². The van der Waals surface area contributed by atoms with E-state index in [0.29, 0.717) is 12.4 Å². The Bertz CT molecular complexity index is 307. The minimum atomic E-state index is -0.158. The van der Waals surface area contributed by atoms with Gasteiger partial charge in [0.1, 0.15) is 5.76 Å². The summed E-state index contributed by atoms with van der Waals surface area (Å²) in [6.45, 7) is 4.47. The molecule has 1 heterocycles. The van der Waals surface area contributed by atoms with Gasteiger partial charge >= 0.3 is 5.97 Å². The van der Waals surface area contributed by atoms with Crippen molar-refractivity contribution in [3.63, 3.8) is 0 Å². The van der Waals surface area contributed by atoms with Crippen LogP contribution in [0.3, 0.4) is 0 Å². The predicted octanol–water partition coefficient (Wildman–Crippen LogP) is 3.02. The largest absolute Gasteiger partial charge is 0.468 e. The molecule has 1 aromatic rings. The molecule has 0 aromatic carbocycles. The molecule has 0 fully saturated rings. The van der Waals surface area contributed by atoms with Crippen LogP contribution in [0, 0.1) is 6.92 Å². The van der Waals surface area contributed by atoms with Gasteiger partial charge in [-0.1, -0.05) is 13.3 Å². The van der Waals surface area contributed by atoms with Crippen molar-refractivity contribution in [2.45, 2.75) is 31.6 Å². The highest BCUT2D eigenvalue weighted by atomic mass is 32.2. The number of unbranched alkanes of at least 4 members (excludes halogenated alkanes) is 1. The van der Waals surface area contributed by atoms with Crippen LogP contribution in [0.25, 0.3) is 0 Å². The van der Waals surface area contributed by atoms with Crippen molar-refractivity contribution in [2.75, 3.05) is 12.4 Å². The van der Waals surface area contributed by atoms with Gasteiger partial charge in [0.05, 0.1) is 18.6 Å². The second-order valence-electron chi connectivity index (χ2n) is 3.20. The normalized spacial score (nSPS) is 10.3. The summed E-state index contributed by atoms with van der Waals surface area (Å²) >= 11 is 1.45. The smallest absolute Gasteiger partial charge is 0.316 e. The SMILES string of the molecule is CCCCOC(=O)CSc1ccoc1C. The fraction of sp³-hybridized carbons (Fsp3) is 0.545. The van der Waals surface area contributed by atoms with Gasteiger partial charge in [-0.15, -0.1) is 11.8 Å². The molecule has 0 aliphatic rings.